The van der Waals surface area contributed by atoms with E-state index in [2.05, 4.69) is 67.9 Å². The van der Waals surface area contributed by atoms with Crippen LogP contribution in [0.25, 0.3) is 0 Å². The van der Waals surface area contributed by atoms with Crippen LogP contribution in [0.3, 0.4) is 0 Å². The number of alkyl carbamates (subject to hydrolysis) is 2. The molecule has 0 saturated carbocycles. The Bertz CT molecular complexity index is 542. The number of hydrogen-bond acceptors (Lipinski definition) is 6. The highest BCUT2D eigenvalue weighted by Crippen LogP contribution is 2.25. The molecule has 8 heteroatoms. The fourth-order valence-electron chi connectivity index (χ4n) is 2.33. The Hall–Kier alpha value is -2.64. The molecule has 192 valence electrons. The number of carbonyl (C=O) groups excluding carboxylic acids is 4. The van der Waals surface area contributed by atoms with Crippen molar-refractivity contribution < 1.29 is 28.7 Å². The van der Waals surface area contributed by atoms with Crippen molar-refractivity contribution in [3.63, 3.8) is 0 Å². The van der Waals surface area contributed by atoms with Gasteiger partial charge in [0.15, 0.2) is 11.6 Å². The summed E-state index contributed by atoms with van der Waals surface area (Å²) in [6.07, 6.45) is 4.68. The summed E-state index contributed by atoms with van der Waals surface area (Å²) in [4.78, 5) is 42.6. The molecule has 8 nitrogen and oxygen atoms in total. The van der Waals surface area contributed by atoms with Crippen LogP contribution < -0.4 is 10.6 Å². The Morgan fingerprint density at radius 2 is 1.18 bits per heavy atom. The first-order chi connectivity index (χ1) is 15.4. The van der Waals surface area contributed by atoms with Crippen LogP contribution in [0.5, 0.6) is 0 Å². The zero-order valence-corrected chi connectivity index (χ0v) is 21.8. The van der Waals surface area contributed by atoms with E-state index in [0.717, 1.165) is 5.92 Å². The highest BCUT2D eigenvalue weighted by molar-refractivity contribution is 5.89. The van der Waals surface area contributed by atoms with E-state index in [4.69, 9.17) is 0 Å². The van der Waals surface area contributed by atoms with Gasteiger partial charge in [-0.3, -0.25) is 9.59 Å². The molecule has 0 aromatic rings. The summed E-state index contributed by atoms with van der Waals surface area (Å²) >= 11 is 0. The van der Waals surface area contributed by atoms with Crippen molar-refractivity contribution >= 4 is 23.8 Å². The second kappa shape index (κ2) is 22.6. The molecular weight excluding hydrogens is 424 g/mol. The molecule has 0 spiro atoms. The summed E-state index contributed by atoms with van der Waals surface area (Å²) < 4.78 is 9.14. The number of hydrogen-bond donors (Lipinski definition) is 2. The van der Waals surface area contributed by atoms with Crippen molar-refractivity contribution in [1.82, 2.24) is 10.6 Å². The van der Waals surface area contributed by atoms with E-state index in [1.807, 2.05) is 0 Å². The monoisotopic (exact) mass is 470 g/mol. The first kappa shape index (κ1) is 35.0. The van der Waals surface area contributed by atoms with Gasteiger partial charge >= 0.3 is 12.2 Å². The summed E-state index contributed by atoms with van der Waals surface area (Å²) in [5.41, 5.74) is 0.523. The highest BCUT2D eigenvalue weighted by Gasteiger charge is 2.13. The molecule has 0 radical (unpaired) electrons. The molecule has 0 aliphatic heterocycles. The minimum Gasteiger partial charge on any atom is -0.450 e. The molecule has 0 heterocycles. The Morgan fingerprint density at radius 3 is 1.39 bits per heavy atom. The van der Waals surface area contributed by atoms with Gasteiger partial charge in [0.1, 0.15) is 0 Å². The molecule has 2 N–H and O–H groups in total. The largest absolute Gasteiger partial charge is 0.450 e. The topological polar surface area (TPSA) is 111 Å². The summed E-state index contributed by atoms with van der Waals surface area (Å²) in [6, 6.07) is 0. The number of amides is 2. The Morgan fingerprint density at radius 1 is 0.818 bits per heavy atom. The molecule has 0 aliphatic rings. The van der Waals surface area contributed by atoms with Crippen molar-refractivity contribution in [3.05, 3.63) is 25.3 Å². The first-order valence-corrected chi connectivity index (χ1v) is 11.5. The fraction of sp³-hybridized carbons (Fsp3) is 0.680. The first-order valence-electron chi connectivity index (χ1n) is 11.5. The van der Waals surface area contributed by atoms with Crippen LogP contribution in [0.1, 0.15) is 74.1 Å². The number of carbonyl (C=O) groups is 4. The fourth-order valence-corrected chi connectivity index (χ4v) is 2.33. The van der Waals surface area contributed by atoms with Crippen LogP contribution in [0, 0.1) is 11.3 Å². The molecule has 0 bridgehead atoms. The molecule has 2 amide bonds. The van der Waals surface area contributed by atoms with Gasteiger partial charge in [0, 0.05) is 25.9 Å². The lowest BCUT2D eigenvalue weighted by atomic mass is 9.84. The second-order valence-electron chi connectivity index (χ2n) is 8.41. The van der Waals surface area contributed by atoms with E-state index < -0.39 is 12.2 Å². The number of ether oxygens (including phenoxy) is 2. The number of nitrogens with one attached hydrogen (secondary N) is 2. The van der Waals surface area contributed by atoms with Gasteiger partial charge in [-0.2, -0.15) is 0 Å². The number of ketones is 2. The van der Waals surface area contributed by atoms with Gasteiger partial charge in [0.05, 0.1) is 13.2 Å². The molecule has 1 atom stereocenters. The maximum Gasteiger partial charge on any atom is 0.407 e. The summed E-state index contributed by atoms with van der Waals surface area (Å²) in [7, 11) is 0. The minimum absolute atomic E-state index is 0.0909. The van der Waals surface area contributed by atoms with E-state index in [1.54, 1.807) is 13.8 Å². The van der Waals surface area contributed by atoms with Crippen LogP contribution in [-0.2, 0) is 19.1 Å². The minimum atomic E-state index is -0.491. The molecule has 33 heavy (non-hydrogen) atoms. The normalized spacial score (nSPS) is 10.6. The predicted molar refractivity (Wildman–Crippen MR) is 133 cm³/mol. The Kier molecular flexibility index (Phi) is 23.9. The summed E-state index contributed by atoms with van der Waals surface area (Å²) in [5, 5.41) is 4.84. The average Bonchev–Trinajstić information content (AvgIpc) is 2.73. The number of rotatable bonds is 12. The van der Waals surface area contributed by atoms with E-state index in [1.165, 1.54) is 25.0 Å². The molecule has 0 rings (SSSR count). The second-order valence-corrected chi connectivity index (χ2v) is 8.41. The van der Waals surface area contributed by atoms with Crippen molar-refractivity contribution in [2.75, 3.05) is 26.3 Å². The van der Waals surface area contributed by atoms with E-state index in [-0.39, 0.29) is 24.4 Å². The lowest BCUT2D eigenvalue weighted by Crippen LogP contribution is -2.26. The van der Waals surface area contributed by atoms with Crippen molar-refractivity contribution in [1.29, 1.82) is 0 Å². The smallest absolute Gasteiger partial charge is 0.407 e. The Labute approximate surface area is 200 Å². The highest BCUT2D eigenvalue weighted by atomic mass is 16.6. The van der Waals surface area contributed by atoms with Crippen LogP contribution in [0.15, 0.2) is 25.3 Å². The third-order valence-electron chi connectivity index (χ3n) is 3.95. The van der Waals surface area contributed by atoms with E-state index in [9.17, 15) is 19.2 Å². The third-order valence-corrected chi connectivity index (χ3v) is 3.95. The van der Waals surface area contributed by atoms with Gasteiger partial charge < -0.3 is 20.1 Å². The lowest BCUT2D eigenvalue weighted by molar-refractivity contribution is -0.115. The maximum atomic E-state index is 10.6. The molecule has 0 saturated heterocycles. The molecule has 0 fully saturated rings. The van der Waals surface area contributed by atoms with Crippen molar-refractivity contribution in [2.24, 2.45) is 11.3 Å². The Balaban J connectivity index is -0.000000414. The zero-order chi connectivity index (χ0) is 26.3. The third kappa shape index (κ3) is 31.6. The SMILES string of the molecule is C=CC(=O)CCNC(=O)OCC.C=CC(=O)CCNC(=O)OCC.CCC(C)CC(C)(C)C. The summed E-state index contributed by atoms with van der Waals surface area (Å²) in [5.74, 6) is 0.712. The zero-order valence-electron chi connectivity index (χ0n) is 21.8. The molecular formula is C25H46N2O6. The number of allylic oxidation sites excluding steroid dienone is 2. The van der Waals surface area contributed by atoms with Crippen LogP contribution in [0.2, 0.25) is 0 Å². The lowest BCUT2D eigenvalue weighted by Gasteiger charge is -2.21. The van der Waals surface area contributed by atoms with Gasteiger partial charge in [-0.25, -0.2) is 9.59 Å². The quantitative estimate of drug-likeness (QED) is 0.378. The molecule has 0 aromatic heterocycles. The predicted octanol–water partition coefficient (Wildman–Crippen LogP) is 5.22. The van der Waals surface area contributed by atoms with Gasteiger partial charge in [-0.15, -0.1) is 0 Å². The van der Waals surface area contributed by atoms with Crippen LogP contribution in [0.4, 0.5) is 9.59 Å². The van der Waals surface area contributed by atoms with Gasteiger partial charge in [0.25, 0.3) is 0 Å². The molecule has 0 aromatic carbocycles. The van der Waals surface area contributed by atoms with E-state index in [0.29, 0.717) is 31.7 Å². The summed E-state index contributed by atoms with van der Waals surface area (Å²) in [6.45, 7) is 22.8. The van der Waals surface area contributed by atoms with Crippen LogP contribution in [-0.4, -0.2) is 50.1 Å². The van der Waals surface area contributed by atoms with Crippen molar-refractivity contribution in [3.8, 4) is 0 Å². The maximum absolute atomic E-state index is 10.6. The van der Waals surface area contributed by atoms with Gasteiger partial charge in [-0.1, -0.05) is 54.2 Å². The molecule has 1 unspecified atom stereocenters. The van der Waals surface area contributed by atoms with Gasteiger partial charge in [0.2, 0.25) is 0 Å². The molecule has 0 aliphatic carbocycles. The average molecular weight is 471 g/mol. The standard InChI is InChI=1S/C9H20.2C8H13NO3/c1-6-8(2)7-9(3,4)5;2*1-3-7(10)5-6-9-8(11)12-4-2/h8H,6-7H2,1-5H3;2*3H,1,4-6H2,2H3,(H,9,11). The van der Waals surface area contributed by atoms with Crippen molar-refractivity contribution in [2.45, 2.75) is 74.1 Å². The van der Waals surface area contributed by atoms with Crippen LogP contribution >= 0.6 is 0 Å². The van der Waals surface area contributed by atoms with Gasteiger partial charge in [-0.05, 0) is 43.8 Å². The van der Waals surface area contributed by atoms with E-state index >= 15 is 0 Å².